The van der Waals surface area contributed by atoms with Crippen molar-refractivity contribution < 1.29 is 4.39 Å². The molecule has 2 N–H and O–H groups in total. The van der Waals surface area contributed by atoms with Crippen LogP contribution in [0.25, 0.3) is 0 Å². The number of hydrogen-bond donors (Lipinski definition) is 2. The summed E-state index contributed by atoms with van der Waals surface area (Å²) in [5.74, 6) is 0.809. The number of rotatable bonds is 5. The van der Waals surface area contributed by atoms with Gasteiger partial charge in [-0.05, 0) is 62.9 Å². The third-order valence-electron chi connectivity index (χ3n) is 2.80. The zero-order chi connectivity index (χ0) is 15.4. The van der Waals surface area contributed by atoms with E-state index in [1.165, 1.54) is 6.07 Å². The lowest BCUT2D eigenvalue weighted by molar-refractivity contribution is 0.621. The van der Waals surface area contributed by atoms with Crippen molar-refractivity contribution in [2.45, 2.75) is 20.3 Å². The first-order valence-electron chi connectivity index (χ1n) is 6.50. The van der Waals surface area contributed by atoms with Gasteiger partial charge in [-0.15, -0.1) is 0 Å². The zero-order valence-electron chi connectivity index (χ0n) is 11.7. The van der Waals surface area contributed by atoms with Crippen LogP contribution in [0.1, 0.15) is 18.9 Å². The van der Waals surface area contributed by atoms with Gasteiger partial charge in [0.15, 0.2) is 0 Å². The highest BCUT2D eigenvalue weighted by molar-refractivity contribution is 9.10. The normalized spacial score (nSPS) is 10.5. The van der Waals surface area contributed by atoms with Crippen molar-refractivity contribution in [3.8, 4) is 0 Å². The first-order chi connectivity index (χ1) is 10.0. The molecule has 1 heterocycles. The van der Waals surface area contributed by atoms with Crippen LogP contribution in [0.4, 0.5) is 21.8 Å². The Morgan fingerprint density at radius 2 is 2.00 bits per heavy atom. The molecule has 0 amide bonds. The van der Waals surface area contributed by atoms with Gasteiger partial charge in [0.05, 0.1) is 8.95 Å². The second kappa shape index (κ2) is 7.17. The van der Waals surface area contributed by atoms with Gasteiger partial charge in [-0.25, -0.2) is 9.37 Å². The summed E-state index contributed by atoms with van der Waals surface area (Å²) < 4.78 is 14.8. The third kappa shape index (κ3) is 4.14. The van der Waals surface area contributed by atoms with E-state index in [2.05, 4.69) is 59.4 Å². The largest absolute Gasteiger partial charge is 0.354 e. The van der Waals surface area contributed by atoms with E-state index in [1.54, 1.807) is 12.3 Å². The highest BCUT2D eigenvalue weighted by Gasteiger charge is 2.09. The molecule has 0 saturated carbocycles. The van der Waals surface area contributed by atoms with Crippen molar-refractivity contribution in [1.82, 2.24) is 9.97 Å². The summed E-state index contributed by atoms with van der Waals surface area (Å²) in [6.07, 6.45) is 2.65. The van der Waals surface area contributed by atoms with Crippen molar-refractivity contribution >= 4 is 49.3 Å². The molecule has 7 heteroatoms. The standard InChI is InChI=1S/C14H15Br2FN4/c1-3-4-18-14-19-7-10(16)13(21-14)20-12-6-11(17)9(15)5-8(12)2/h5-7H,3-4H2,1-2H3,(H2,18,19,20,21). The van der Waals surface area contributed by atoms with Crippen LogP contribution in [0.5, 0.6) is 0 Å². The molecule has 0 atom stereocenters. The van der Waals surface area contributed by atoms with Crippen LogP contribution in [0.15, 0.2) is 27.3 Å². The summed E-state index contributed by atoms with van der Waals surface area (Å²) in [7, 11) is 0. The lowest BCUT2D eigenvalue weighted by atomic mass is 10.2. The van der Waals surface area contributed by atoms with Gasteiger partial charge in [0.2, 0.25) is 5.95 Å². The van der Waals surface area contributed by atoms with Crippen LogP contribution < -0.4 is 10.6 Å². The smallest absolute Gasteiger partial charge is 0.224 e. The number of aryl methyl sites for hydroxylation is 1. The number of benzene rings is 1. The Morgan fingerprint density at radius 3 is 2.71 bits per heavy atom. The van der Waals surface area contributed by atoms with Gasteiger partial charge in [0, 0.05) is 18.4 Å². The number of nitrogens with zero attached hydrogens (tertiary/aromatic N) is 2. The van der Waals surface area contributed by atoms with Crippen molar-refractivity contribution in [3.05, 3.63) is 38.7 Å². The molecule has 0 bridgehead atoms. The average Bonchev–Trinajstić information content (AvgIpc) is 2.45. The van der Waals surface area contributed by atoms with Gasteiger partial charge < -0.3 is 10.6 Å². The molecule has 112 valence electrons. The Hall–Kier alpha value is -1.21. The van der Waals surface area contributed by atoms with E-state index < -0.39 is 0 Å². The number of nitrogens with one attached hydrogen (secondary N) is 2. The van der Waals surface area contributed by atoms with E-state index in [-0.39, 0.29) is 5.82 Å². The summed E-state index contributed by atoms with van der Waals surface area (Å²) in [6.45, 7) is 4.77. The number of aromatic nitrogens is 2. The van der Waals surface area contributed by atoms with E-state index in [4.69, 9.17) is 0 Å². The van der Waals surface area contributed by atoms with E-state index >= 15 is 0 Å². The van der Waals surface area contributed by atoms with Gasteiger partial charge in [-0.1, -0.05) is 6.92 Å². The molecule has 1 aromatic carbocycles. The fraction of sp³-hybridized carbons (Fsp3) is 0.286. The minimum atomic E-state index is -0.322. The Balaban J connectivity index is 2.28. The Labute approximate surface area is 139 Å². The molecule has 0 saturated heterocycles. The summed E-state index contributed by atoms with van der Waals surface area (Å²) in [5.41, 5.74) is 1.58. The van der Waals surface area contributed by atoms with Gasteiger partial charge >= 0.3 is 0 Å². The Morgan fingerprint density at radius 1 is 1.24 bits per heavy atom. The molecule has 2 rings (SSSR count). The van der Waals surface area contributed by atoms with Crippen LogP contribution in [-0.4, -0.2) is 16.5 Å². The molecule has 0 fully saturated rings. The monoisotopic (exact) mass is 416 g/mol. The average molecular weight is 418 g/mol. The molecular weight excluding hydrogens is 403 g/mol. The topological polar surface area (TPSA) is 49.8 Å². The Kier molecular flexibility index (Phi) is 5.52. The maximum Gasteiger partial charge on any atom is 0.224 e. The minimum Gasteiger partial charge on any atom is -0.354 e. The van der Waals surface area contributed by atoms with Gasteiger partial charge in [0.1, 0.15) is 11.6 Å². The predicted molar refractivity (Wildman–Crippen MR) is 90.6 cm³/mol. The lowest BCUT2D eigenvalue weighted by Gasteiger charge is -2.12. The molecule has 1 aromatic heterocycles. The second-order valence-corrected chi connectivity index (χ2v) is 6.23. The van der Waals surface area contributed by atoms with Crippen LogP contribution in [0.3, 0.4) is 0 Å². The lowest BCUT2D eigenvalue weighted by Crippen LogP contribution is -2.06. The minimum absolute atomic E-state index is 0.322. The molecule has 2 aromatic rings. The van der Waals surface area contributed by atoms with E-state index in [1.807, 2.05) is 6.92 Å². The summed E-state index contributed by atoms with van der Waals surface area (Å²) in [4.78, 5) is 8.57. The van der Waals surface area contributed by atoms with Crippen LogP contribution in [0.2, 0.25) is 0 Å². The van der Waals surface area contributed by atoms with E-state index in [0.29, 0.717) is 26.4 Å². The highest BCUT2D eigenvalue weighted by Crippen LogP contribution is 2.29. The summed E-state index contributed by atoms with van der Waals surface area (Å²) in [6, 6.07) is 3.16. The molecule has 21 heavy (non-hydrogen) atoms. The van der Waals surface area contributed by atoms with Crippen LogP contribution >= 0.6 is 31.9 Å². The second-order valence-electron chi connectivity index (χ2n) is 4.52. The van der Waals surface area contributed by atoms with Gasteiger partial charge in [0.25, 0.3) is 0 Å². The molecule has 0 aliphatic heterocycles. The van der Waals surface area contributed by atoms with Gasteiger partial charge in [-0.3, -0.25) is 0 Å². The molecule has 0 spiro atoms. The highest BCUT2D eigenvalue weighted by atomic mass is 79.9. The van der Waals surface area contributed by atoms with Gasteiger partial charge in [-0.2, -0.15) is 4.98 Å². The molecular formula is C14H15Br2FN4. The first-order valence-corrected chi connectivity index (χ1v) is 8.09. The SMILES string of the molecule is CCCNc1ncc(Br)c(Nc2cc(F)c(Br)cc2C)n1. The van der Waals surface area contributed by atoms with Crippen molar-refractivity contribution in [3.63, 3.8) is 0 Å². The summed E-state index contributed by atoms with van der Waals surface area (Å²) >= 11 is 6.57. The predicted octanol–water partition coefficient (Wildman–Crippen LogP) is 5.01. The molecule has 0 aliphatic rings. The maximum absolute atomic E-state index is 13.7. The van der Waals surface area contributed by atoms with Crippen molar-refractivity contribution in [2.75, 3.05) is 17.2 Å². The fourth-order valence-electron chi connectivity index (χ4n) is 1.69. The van der Waals surface area contributed by atoms with Crippen molar-refractivity contribution in [1.29, 1.82) is 0 Å². The quantitative estimate of drug-likeness (QED) is 0.717. The van der Waals surface area contributed by atoms with E-state index in [0.717, 1.165) is 18.5 Å². The number of anilines is 3. The molecule has 4 nitrogen and oxygen atoms in total. The third-order valence-corrected chi connectivity index (χ3v) is 3.99. The number of hydrogen-bond acceptors (Lipinski definition) is 4. The molecule has 0 unspecified atom stereocenters. The van der Waals surface area contributed by atoms with E-state index in [9.17, 15) is 4.39 Å². The fourth-order valence-corrected chi connectivity index (χ4v) is 2.43. The maximum atomic E-state index is 13.7. The summed E-state index contributed by atoms with van der Waals surface area (Å²) in [5, 5.41) is 6.24. The Bertz CT molecular complexity index is 649. The molecule has 0 radical (unpaired) electrons. The molecule has 0 aliphatic carbocycles. The number of halogens is 3. The van der Waals surface area contributed by atoms with Crippen molar-refractivity contribution in [2.24, 2.45) is 0 Å². The van der Waals surface area contributed by atoms with Crippen LogP contribution in [0, 0.1) is 12.7 Å². The zero-order valence-corrected chi connectivity index (χ0v) is 14.8. The first kappa shape index (κ1) is 16.2. The van der Waals surface area contributed by atoms with Crippen LogP contribution in [-0.2, 0) is 0 Å².